The van der Waals surface area contributed by atoms with Crippen molar-refractivity contribution in [3.63, 3.8) is 0 Å². The average molecular weight is 660 g/mol. The van der Waals surface area contributed by atoms with Crippen molar-refractivity contribution in [2.24, 2.45) is 56.7 Å². The van der Waals surface area contributed by atoms with Gasteiger partial charge < -0.3 is 35.6 Å². The summed E-state index contributed by atoms with van der Waals surface area (Å²) >= 11 is 0. The number of aromatic nitrogens is 4. The second kappa shape index (κ2) is 11.5. The van der Waals surface area contributed by atoms with Crippen LogP contribution in [0.2, 0.25) is 0 Å². The van der Waals surface area contributed by atoms with Crippen molar-refractivity contribution in [2.45, 2.75) is 105 Å². The van der Waals surface area contributed by atoms with E-state index in [4.69, 9.17) is 15.2 Å². The summed E-state index contributed by atoms with van der Waals surface area (Å²) in [7, 11) is 0. The van der Waals surface area contributed by atoms with Gasteiger partial charge in [-0.1, -0.05) is 65.2 Å². The first kappa shape index (κ1) is 34.7. The number of carboxylic acid groups (broad SMARTS) is 1. The Balaban J connectivity index is 1.44. The van der Waals surface area contributed by atoms with Gasteiger partial charge in [-0.3, -0.25) is 4.79 Å². The van der Waals surface area contributed by atoms with Crippen LogP contribution in [0.1, 0.15) is 93.0 Å². The predicted molar refractivity (Wildman–Crippen MR) is 174 cm³/mol. The minimum atomic E-state index is -1.80. The first-order valence-corrected chi connectivity index (χ1v) is 17.6. The Labute approximate surface area is 278 Å². The van der Waals surface area contributed by atoms with Crippen LogP contribution in [0.3, 0.4) is 0 Å². The molecule has 3 saturated carbocycles. The Bertz CT molecular complexity index is 1400. The summed E-state index contributed by atoms with van der Waals surface area (Å²) in [6.45, 7) is 15.1. The Morgan fingerprint density at radius 1 is 1.13 bits per heavy atom. The first-order chi connectivity index (χ1) is 22.0. The van der Waals surface area contributed by atoms with Gasteiger partial charge in [-0.05, 0) is 83.7 Å². The molecule has 6 rings (SSSR count). The third kappa shape index (κ3) is 4.78. The lowest BCUT2D eigenvalue weighted by Crippen LogP contribution is -2.69. The minimum Gasteiger partial charge on any atom is -0.481 e. The second-order valence-electron chi connectivity index (χ2n) is 17.4. The van der Waals surface area contributed by atoms with Crippen molar-refractivity contribution in [1.82, 2.24) is 20.2 Å². The molecule has 12 heteroatoms. The van der Waals surface area contributed by atoms with E-state index < -0.39 is 53.7 Å². The van der Waals surface area contributed by atoms with Gasteiger partial charge in [0.15, 0.2) is 0 Å². The van der Waals surface area contributed by atoms with Gasteiger partial charge in [0.25, 0.3) is 5.95 Å². The molecule has 0 radical (unpaired) electrons. The van der Waals surface area contributed by atoms with Crippen molar-refractivity contribution in [1.29, 1.82) is 0 Å². The number of tetrazole rings is 1. The van der Waals surface area contributed by atoms with Crippen LogP contribution in [-0.2, 0) is 14.3 Å². The standard InChI is InChI=1S/C35H57N5O7/c1-20(2)21(3)30(4)12-13-32(6)22-8-9-25-31(5)17-46-19-35(25,23(22)10-11-33(32,7)26(30)28(43)44)14-24(40-38-29(36)37-39-40)27(31)47-18-34(45,15-41)16-42/h10,20-22,24-27,41-42,45H,8-9,11-19H2,1-7H3,(H2,36,38)(H,43,44)/t21-,22+,24-,25+,26-,27+,30-,31-,32-,33+,35+/m1/s1. The zero-order valence-corrected chi connectivity index (χ0v) is 29.3. The number of carbonyl (C=O) groups is 1. The zero-order valence-electron chi connectivity index (χ0n) is 29.3. The number of hydrogen-bond acceptors (Lipinski definition) is 10. The molecule has 1 aromatic rings. The van der Waals surface area contributed by atoms with Crippen LogP contribution in [-0.4, -0.2) is 91.3 Å². The molecule has 1 aliphatic heterocycles. The Kier molecular flexibility index (Phi) is 8.47. The van der Waals surface area contributed by atoms with Crippen LogP contribution in [0, 0.1) is 56.7 Å². The van der Waals surface area contributed by atoms with Crippen LogP contribution in [0.15, 0.2) is 11.6 Å². The number of carboxylic acids is 1. The minimum absolute atomic E-state index is 0.0550. The predicted octanol–water partition coefficient (Wildman–Crippen LogP) is 3.49. The summed E-state index contributed by atoms with van der Waals surface area (Å²) in [5.74, 6) is -0.0558. The maximum absolute atomic E-state index is 13.4. The molecule has 47 heavy (non-hydrogen) atoms. The van der Waals surface area contributed by atoms with E-state index in [2.05, 4.69) is 70.0 Å². The highest BCUT2D eigenvalue weighted by atomic mass is 16.5. The molecule has 1 aromatic heterocycles. The van der Waals surface area contributed by atoms with Gasteiger partial charge in [0.05, 0.1) is 45.1 Å². The highest BCUT2D eigenvalue weighted by Gasteiger charge is 2.72. The van der Waals surface area contributed by atoms with E-state index in [0.717, 1.165) is 25.7 Å². The molecular formula is C35H57N5O7. The largest absolute Gasteiger partial charge is 0.481 e. The molecule has 11 atom stereocenters. The van der Waals surface area contributed by atoms with Crippen LogP contribution in [0.25, 0.3) is 0 Å². The monoisotopic (exact) mass is 659 g/mol. The van der Waals surface area contributed by atoms with Crippen molar-refractivity contribution >= 4 is 11.9 Å². The molecule has 6 N–H and O–H groups in total. The topological polar surface area (TPSA) is 186 Å². The van der Waals surface area contributed by atoms with Crippen molar-refractivity contribution in [3.05, 3.63) is 11.6 Å². The van der Waals surface area contributed by atoms with E-state index in [-0.39, 0.29) is 46.6 Å². The molecule has 0 amide bonds. The third-order valence-electron chi connectivity index (χ3n) is 15.0. The molecule has 0 spiro atoms. The molecule has 1 saturated heterocycles. The summed E-state index contributed by atoms with van der Waals surface area (Å²) < 4.78 is 13.0. The summed E-state index contributed by atoms with van der Waals surface area (Å²) in [5, 5.41) is 54.1. The quantitative estimate of drug-likeness (QED) is 0.244. The molecule has 0 aromatic carbocycles. The third-order valence-corrected chi connectivity index (χ3v) is 15.0. The van der Waals surface area contributed by atoms with E-state index in [1.807, 2.05) is 0 Å². The summed E-state index contributed by atoms with van der Waals surface area (Å²) in [6, 6.07) is -0.402. The van der Waals surface area contributed by atoms with E-state index in [9.17, 15) is 25.2 Å². The van der Waals surface area contributed by atoms with Gasteiger partial charge in [-0.25, -0.2) is 0 Å². The number of aliphatic hydroxyl groups excluding tert-OH is 2. The fourth-order valence-corrected chi connectivity index (χ4v) is 11.9. The molecule has 0 unspecified atom stereocenters. The molecule has 2 heterocycles. The number of ether oxygens (including phenoxy) is 2. The van der Waals surface area contributed by atoms with Crippen LogP contribution in [0.5, 0.6) is 0 Å². The van der Waals surface area contributed by atoms with Gasteiger partial charge in [-0.15, -0.1) is 5.10 Å². The number of nitrogen functional groups attached to an aromatic ring is 1. The highest BCUT2D eigenvalue weighted by molar-refractivity contribution is 5.73. The molecule has 2 bridgehead atoms. The van der Waals surface area contributed by atoms with Crippen molar-refractivity contribution in [3.8, 4) is 0 Å². The Hall–Kier alpha value is -2.12. The zero-order chi connectivity index (χ0) is 34.4. The first-order valence-electron chi connectivity index (χ1n) is 17.6. The lowest BCUT2D eigenvalue weighted by Gasteiger charge is -2.71. The number of nitrogens with two attached hydrogens (primary N) is 1. The van der Waals surface area contributed by atoms with Crippen LogP contribution < -0.4 is 5.73 Å². The summed E-state index contributed by atoms with van der Waals surface area (Å²) in [5.41, 5.74) is 3.71. The molecule has 264 valence electrons. The fourth-order valence-electron chi connectivity index (χ4n) is 11.9. The van der Waals surface area contributed by atoms with Gasteiger partial charge in [0.1, 0.15) is 11.6 Å². The van der Waals surface area contributed by atoms with Gasteiger partial charge in [-0.2, -0.15) is 4.80 Å². The van der Waals surface area contributed by atoms with Gasteiger partial charge >= 0.3 is 5.97 Å². The number of aliphatic hydroxyl groups is 3. The second-order valence-corrected chi connectivity index (χ2v) is 17.4. The van der Waals surface area contributed by atoms with E-state index in [0.29, 0.717) is 32.0 Å². The lowest BCUT2D eigenvalue weighted by molar-refractivity contribution is -0.260. The van der Waals surface area contributed by atoms with E-state index in [1.165, 1.54) is 10.4 Å². The molecule has 12 nitrogen and oxygen atoms in total. The smallest absolute Gasteiger partial charge is 0.307 e. The summed E-state index contributed by atoms with van der Waals surface area (Å²) in [4.78, 5) is 14.9. The molecule has 4 aliphatic carbocycles. The Morgan fingerprint density at radius 3 is 2.43 bits per heavy atom. The number of hydrogen-bond donors (Lipinski definition) is 5. The van der Waals surface area contributed by atoms with Crippen molar-refractivity contribution in [2.75, 3.05) is 38.8 Å². The average Bonchev–Trinajstić information content (AvgIpc) is 3.45. The molecule has 4 fully saturated rings. The number of nitrogens with zero attached hydrogens (tertiary/aromatic N) is 4. The number of allylic oxidation sites excluding steroid dienone is 1. The lowest BCUT2D eigenvalue weighted by atomic mass is 9.34. The summed E-state index contributed by atoms with van der Waals surface area (Å²) in [6.07, 6.45) is 6.89. The number of anilines is 1. The van der Waals surface area contributed by atoms with E-state index >= 15 is 0 Å². The Morgan fingerprint density at radius 2 is 1.83 bits per heavy atom. The number of fused-ring (bicyclic) bond motifs is 3. The normalized spacial score (nSPS) is 43.8. The van der Waals surface area contributed by atoms with Crippen LogP contribution in [0.4, 0.5) is 5.95 Å². The van der Waals surface area contributed by atoms with Crippen LogP contribution >= 0.6 is 0 Å². The van der Waals surface area contributed by atoms with Crippen molar-refractivity contribution < 1.29 is 34.7 Å². The van der Waals surface area contributed by atoms with Gasteiger partial charge in [0.2, 0.25) is 0 Å². The highest BCUT2D eigenvalue weighted by Crippen LogP contribution is 2.75. The molecule has 5 aliphatic rings. The number of aliphatic carboxylic acids is 1. The SMILES string of the molecule is CC(C)[C@@H](C)[C@@]1(C)CC[C@]2(C)[C@H]3CC[C@@H]4[C@@]5(COC[C@@]4(C)[C@@H](OCC(O)(CO)CO)[C@H](n4nnc(N)n4)C5)C3=CC[C@@]2(C)[C@@H]1C(=O)O. The fraction of sp³-hybridized carbons (Fsp3) is 0.886. The molecular weight excluding hydrogens is 602 g/mol. The van der Waals surface area contributed by atoms with E-state index in [1.54, 1.807) is 0 Å². The maximum Gasteiger partial charge on any atom is 0.307 e. The maximum atomic E-state index is 13.4. The number of rotatable bonds is 9. The van der Waals surface area contributed by atoms with Gasteiger partial charge in [0, 0.05) is 10.8 Å².